The second kappa shape index (κ2) is 4.91. The summed E-state index contributed by atoms with van der Waals surface area (Å²) >= 11 is 0. The predicted molar refractivity (Wildman–Crippen MR) is 84.5 cm³/mol. The molecule has 3 nitrogen and oxygen atoms in total. The smallest absolute Gasteiger partial charge is 0.161 e. The Labute approximate surface area is 133 Å². The minimum Gasteiger partial charge on any atom is -0.366 e. The van der Waals surface area contributed by atoms with Crippen LogP contribution in [-0.4, -0.2) is 29.7 Å². The number of hydrogen-bond donors (Lipinski definition) is 0. The van der Waals surface area contributed by atoms with Crippen molar-refractivity contribution in [2.24, 2.45) is 23.7 Å². The Morgan fingerprint density at radius 2 is 2.05 bits per heavy atom. The molecule has 2 bridgehead atoms. The van der Waals surface area contributed by atoms with Crippen LogP contribution in [0.4, 0.5) is 0 Å². The zero-order chi connectivity index (χ0) is 15.6. The Morgan fingerprint density at radius 3 is 2.77 bits per heavy atom. The van der Waals surface area contributed by atoms with E-state index in [-0.39, 0.29) is 23.9 Å². The van der Waals surface area contributed by atoms with E-state index in [0.29, 0.717) is 35.9 Å². The third kappa shape index (κ3) is 2.12. The molecule has 1 saturated carbocycles. The van der Waals surface area contributed by atoms with E-state index in [9.17, 15) is 4.79 Å². The van der Waals surface area contributed by atoms with Crippen LogP contribution in [-0.2, 0) is 14.3 Å². The average molecular weight is 304 g/mol. The van der Waals surface area contributed by atoms with Crippen LogP contribution in [0.1, 0.15) is 52.9 Å². The highest BCUT2D eigenvalue weighted by Crippen LogP contribution is 2.55. The summed E-state index contributed by atoms with van der Waals surface area (Å²) in [6, 6.07) is 0. The van der Waals surface area contributed by atoms with Crippen LogP contribution in [0.2, 0.25) is 0 Å². The summed E-state index contributed by atoms with van der Waals surface area (Å²) in [5.41, 5.74) is 1.24. The summed E-state index contributed by atoms with van der Waals surface area (Å²) in [6.45, 7) is 11.1. The van der Waals surface area contributed by atoms with Crippen molar-refractivity contribution in [1.82, 2.24) is 0 Å². The number of epoxide rings is 1. The number of ketones is 1. The Hall–Kier alpha value is -0.670. The number of rotatable bonds is 1. The SMILES string of the molecule is C=C1CC[C@H](C(C)C)[C@@H]2[C@H]1[C@H]1C[C@@]3(C)O[C@H]3CCC(=O)[C@@H]2O1. The van der Waals surface area contributed by atoms with Crippen molar-refractivity contribution >= 4 is 5.78 Å². The fourth-order valence-electron chi connectivity index (χ4n) is 5.43. The lowest BCUT2D eigenvalue weighted by Crippen LogP contribution is -2.40. The second-order valence-electron chi connectivity index (χ2n) is 8.43. The van der Waals surface area contributed by atoms with Gasteiger partial charge in [0.25, 0.3) is 0 Å². The van der Waals surface area contributed by atoms with Gasteiger partial charge in [0.1, 0.15) is 6.10 Å². The van der Waals surface area contributed by atoms with Gasteiger partial charge in [0.15, 0.2) is 5.78 Å². The molecule has 4 rings (SSSR count). The van der Waals surface area contributed by atoms with Gasteiger partial charge in [-0.25, -0.2) is 0 Å². The summed E-state index contributed by atoms with van der Waals surface area (Å²) in [7, 11) is 0. The first-order chi connectivity index (χ1) is 10.4. The van der Waals surface area contributed by atoms with Crippen LogP contribution in [0.25, 0.3) is 0 Å². The summed E-state index contributed by atoms with van der Waals surface area (Å²) in [4.78, 5) is 12.8. The molecule has 0 amide bonds. The number of fused-ring (bicyclic) bond motifs is 6. The standard InChI is InChI=1S/C19H28O3/c1-10(2)12-6-5-11(3)16-14-9-19(4)15(22-19)8-7-13(20)18(21-14)17(12)16/h10,12,14-18H,3,5-9H2,1-2,4H3/t12-,14-,15+,16-,17-,18+,19-/m1/s1. The highest BCUT2D eigenvalue weighted by Gasteiger charge is 2.60. The van der Waals surface area contributed by atoms with Gasteiger partial charge >= 0.3 is 0 Å². The minimum atomic E-state index is -0.194. The van der Waals surface area contributed by atoms with Crippen molar-refractivity contribution in [1.29, 1.82) is 0 Å². The molecule has 0 aromatic carbocycles. The van der Waals surface area contributed by atoms with Gasteiger partial charge < -0.3 is 9.47 Å². The molecule has 1 aliphatic carbocycles. The van der Waals surface area contributed by atoms with Crippen molar-refractivity contribution in [2.75, 3.05) is 0 Å². The van der Waals surface area contributed by atoms with Crippen molar-refractivity contribution in [3.8, 4) is 0 Å². The molecule has 3 heterocycles. The molecule has 0 N–H and O–H groups in total. The van der Waals surface area contributed by atoms with E-state index >= 15 is 0 Å². The van der Waals surface area contributed by atoms with Gasteiger partial charge in [-0.05, 0) is 38.0 Å². The van der Waals surface area contributed by atoms with Gasteiger partial charge in [-0.1, -0.05) is 26.0 Å². The molecule has 3 saturated heterocycles. The fraction of sp³-hybridized carbons (Fsp3) is 0.842. The van der Waals surface area contributed by atoms with E-state index in [1.165, 1.54) is 5.57 Å². The number of carbonyl (C=O) groups is 1. The first-order valence-electron chi connectivity index (χ1n) is 8.94. The third-order valence-electron chi connectivity index (χ3n) is 6.72. The molecule has 3 aliphatic heterocycles. The molecule has 4 fully saturated rings. The maximum Gasteiger partial charge on any atom is 0.161 e. The monoisotopic (exact) mass is 304 g/mol. The number of carbonyl (C=O) groups excluding carboxylic acids is 1. The Kier molecular flexibility index (Phi) is 3.32. The fourth-order valence-corrected chi connectivity index (χ4v) is 5.43. The van der Waals surface area contributed by atoms with E-state index in [1.54, 1.807) is 0 Å². The summed E-state index contributed by atoms with van der Waals surface area (Å²) in [5.74, 6) is 2.18. The molecule has 0 spiro atoms. The normalized spacial score (nSPS) is 50.9. The molecular formula is C19H28O3. The Bertz CT molecular complexity index is 511. The molecule has 22 heavy (non-hydrogen) atoms. The Morgan fingerprint density at radius 1 is 1.27 bits per heavy atom. The van der Waals surface area contributed by atoms with Gasteiger partial charge in [0.05, 0.1) is 17.8 Å². The van der Waals surface area contributed by atoms with Crippen molar-refractivity contribution in [3.05, 3.63) is 12.2 Å². The van der Waals surface area contributed by atoms with Crippen LogP contribution in [0.3, 0.4) is 0 Å². The summed E-state index contributed by atoms with van der Waals surface area (Å²) in [5, 5.41) is 0. The van der Waals surface area contributed by atoms with E-state index in [2.05, 4.69) is 27.4 Å². The third-order valence-corrected chi connectivity index (χ3v) is 6.72. The largest absolute Gasteiger partial charge is 0.366 e. The molecule has 0 unspecified atom stereocenters. The van der Waals surface area contributed by atoms with Crippen LogP contribution in [0, 0.1) is 23.7 Å². The zero-order valence-corrected chi connectivity index (χ0v) is 14.0. The van der Waals surface area contributed by atoms with Gasteiger partial charge in [-0.3, -0.25) is 4.79 Å². The van der Waals surface area contributed by atoms with E-state index in [4.69, 9.17) is 9.47 Å². The van der Waals surface area contributed by atoms with Gasteiger partial charge in [-0.2, -0.15) is 0 Å². The highest BCUT2D eigenvalue weighted by molar-refractivity contribution is 5.84. The van der Waals surface area contributed by atoms with Crippen molar-refractivity contribution in [2.45, 2.75) is 76.8 Å². The summed E-state index contributed by atoms with van der Waals surface area (Å²) < 4.78 is 12.3. The van der Waals surface area contributed by atoms with Crippen molar-refractivity contribution < 1.29 is 14.3 Å². The topological polar surface area (TPSA) is 38.8 Å². The van der Waals surface area contributed by atoms with Crippen LogP contribution >= 0.6 is 0 Å². The number of Topliss-reactive ketones (excluding diaryl/α,β-unsaturated/α-hetero) is 1. The number of ether oxygens (including phenoxy) is 2. The lowest BCUT2D eigenvalue weighted by Gasteiger charge is -2.40. The van der Waals surface area contributed by atoms with E-state index in [1.807, 2.05) is 0 Å². The molecule has 122 valence electrons. The quantitative estimate of drug-likeness (QED) is 0.549. The molecule has 4 aliphatic rings. The predicted octanol–water partition coefficient (Wildman–Crippen LogP) is 3.52. The highest BCUT2D eigenvalue weighted by atomic mass is 16.6. The number of hydrogen-bond acceptors (Lipinski definition) is 3. The van der Waals surface area contributed by atoms with Crippen LogP contribution < -0.4 is 0 Å². The second-order valence-corrected chi connectivity index (χ2v) is 8.43. The van der Waals surface area contributed by atoms with Crippen LogP contribution in [0.15, 0.2) is 12.2 Å². The minimum absolute atomic E-state index is 0.0697. The molecular weight excluding hydrogens is 276 g/mol. The van der Waals surface area contributed by atoms with Crippen LogP contribution in [0.5, 0.6) is 0 Å². The average Bonchev–Trinajstić information content (AvgIpc) is 2.92. The lowest BCUT2D eigenvalue weighted by atomic mass is 9.62. The molecule has 0 aromatic rings. The zero-order valence-electron chi connectivity index (χ0n) is 14.0. The molecule has 7 atom stereocenters. The van der Waals surface area contributed by atoms with E-state index < -0.39 is 0 Å². The first kappa shape index (κ1) is 14.9. The molecule has 0 radical (unpaired) electrons. The maximum atomic E-state index is 12.8. The Balaban J connectivity index is 1.70. The summed E-state index contributed by atoms with van der Waals surface area (Å²) in [6.07, 6.45) is 4.84. The molecule has 0 aromatic heterocycles. The van der Waals surface area contributed by atoms with E-state index in [0.717, 1.165) is 25.7 Å². The maximum absolute atomic E-state index is 12.8. The van der Waals surface area contributed by atoms with Crippen molar-refractivity contribution in [3.63, 3.8) is 0 Å². The van der Waals surface area contributed by atoms with Gasteiger partial charge in [0.2, 0.25) is 0 Å². The van der Waals surface area contributed by atoms with Gasteiger partial charge in [-0.15, -0.1) is 0 Å². The molecule has 3 heteroatoms. The van der Waals surface area contributed by atoms with Gasteiger partial charge in [0, 0.05) is 24.7 Å². The first-order valence-corrected chi connectivity index (χ1v) is 8.94. The lowest BCUT2D eigenvalue weighted by molar-refractivity contribution is -0.133.